The smallest absolute Gasteiger partial charge is 0.271 e. The molecule has 10 heteroatoms. The van der Waals surface area contributed by atoms with Crippen LogP contribution in [0.15, 0.2) is 53.6 Å². The number of pyridine rings is 1. The van der Waals surface area contributed by atoms with E-state index in [9.17, 15) is 4.79 Å². The summed E-state index contributed by atoms with van der Waals surface area (Å²) >= 11 is 0. The van der Waals surface area contributed by atoms with Crippen molar-refractivity contribution in [2.24, 2.45) is 0 Å². The lowest BCUT2D eigenvalue weighted by atomic mass is 10.2. The monoisotopic (exact) mass is 404 g/mol. The van der Waals surface area contributed by atoms with Gasteiger partial charge in [0.05, 0.1) is 0 Å². The summed E-state index contributed by atoms with van der Waals surface area (Å²) in [5.41, 5.74) is 1.90. The fraction of sp³-hybridized carbons (Fsp3) is 0.150. The van der Waals surface area contributed by atoms with Gasteiger partial charge in [-0.15, -0.1) is 0 Å². The van der Waals surface area contributed by atoms with Gasteiger partial charge >= 0.3 is 0 Å². The third-order valence-electron chi connectivity index (χ3n) is 4.49. The molecule has 0 saturated heterocycles. The molecule has 4 heterocycles. The Kier molecular flexibility index (Phi) is 4.36. The number of carbonyl (C=O) groups excluding carboxylic acids is 1. The zero-order valence-electron chi connectivity index (χ0n) is 15.9. The number of fused-ring (bicyclic) bond motifs is 1. The Morgan fingerprint density at radius 1 is 1.17 bits per heavy atom. The van der Waals surface area contributed by atoms with Gasteiger partial charge in [-0.3, -0.25) is 9.36 Å². The first-order chi connectivity index (χ1) is 14.7. The number of aromatic nitrogens is 5. The highest BCUT2D eigenvalue weighted by molar-refractivity contribution is 5.92. The maximum absolute atomic E-state index is 12.5. The first kappa shape index (κ1) is 17.9. The van der Waals surface area contributed by atoms with Crippen LogP contribution in [0.25, 0.3) is 17.3 Å². The normalized spacial score (nSPS) is 12.2. The molecule has 0 unspecified atom stereocenters. The van der Waals surface area contributed by atoms with Crippen LogP contribution < -0.4 is 14.8 Å². The van der Waals surface area contributed by atoms with Crippen LogP contribution in [0.1, 0.15) is 21.9 Å². The Labute approximate surface area is 170 Å². The molecule has 10 nitrogen and oxygen atoms in total. The van der Waals surface area contributed by atoms with Crippen molar-refractivity contribution in [3.63, 3.8) is 0 Å². The van der Waals surface area contributed by atoms with Gasteiger partial charge in [-0.1, -0.05) is 11.2 Å². The van der Waals surface area contributed by atoms with E-state index >= 15 is 0 Å². The van der Waals surface area contributed by atoms with E-state index in [2.05, 4.69) is 25.4 Å². The van der Waals surface area contributed by atoms with Gasteiger partial charge in [-0.25, -0.2) is 9.97 Å². The maximum atomic E-state index is 12.5. The van der Waals surface area contributed by atoms with Crippen molar-refractivity contribution in [1.82, 2.24) is 30.0 Å². The van der Waals surface area contributed by atoms with Crippen LogP contribution in [0.3, 0.4) is 0 Å². The summed E-state index contributed by atoms with van der Waals surface area (Å²) in [5, 5.41) is 6.64. The lowest BCUT2D eigenvalue weighted by Crippen LogP contribution is -2.23. The van der Waals surface area contributed by atoms with Crippen molar-refractivity contribution in [1.29, 1.82) is 0 Å². The molecular formula is C20H16N6O4. The van der Waals surface area contributed by atoms with Crippen molar-refractivity contribution >= 4 is 5.91 Å². The predicted octanol–water partition coefficient (Wildman–Crippen LogP) is 2.28. The zero-order valence-corrected chi connectivity index (χ0v) is 15.9. The van der Waals surface area contributed by atoms with Gasteiger partial charge < -0.3 is 19.3 Å². The second-order valence-corrected chi connectivity index (χ2v) is 6.59. The number of aryl methyl sites for hydroxylation is 1. The molecule has 0 fully saturated rings. The number of benzene rings is 1. The molecule has 30 heavy (non-hydrogen) atoms. The largest absolute Gasteiger partial charge is 0.454 e. The molecule has 150 valence electrons. The number of amides is 1. The van der Waals surface area contributed by atoms with E-state index in [-0.39, 0.29) is 18.4 Å². The van der Waals surface area contributed by atoms with Crippen LogP contribution in [-0.4, -0.2) is 37.4 Å². The molecule has 0 radical (unpaired) electrons. The van der Waals surface area contributed by atoms with Crippen molar-refractivity contribution in [2.75, 3.05) is 6.79 Å². The topological polar surface area (TPSA) is 117 Å². The molecule has 0 saturated carbocycles. The maximum Gasteiger partial charge on any atom is 0.271 e. The number of nitrogens with one attached hydrogen (secondary N) is 1. The molecule has 0 aliphatic carbocycles. The Hall–Kier alpha value is -4.21. The average molecular weight is 404 g/mol. The van der Waals surface area contributed by atoms with Crippen molar-refractivity contribution in [3.05, 3.63) is 66.1 Å². The summed E-state index contributed by atoms with van der Waals surface area (Å²) in [6, 6.07) is 9.09. The van der Waals surface area contributed by atoms with Crippen LogP contribution in [0, 0.1) is 6.92 Å². The Morgan fingerprint density at radius 2 is 2.07 bits per heavy atom. The Balaban J connectivity index is 1.29. The second kappa shape index (κ2) is 7.32. The molecule has 1 aliphatic heterocycles. The average Bonchev–Trinajstić information content (AvgIpc) is 3.52. The number of ether oxygens (including phenoxy) is 2. The first-order valence-electron chi connectivity index (χ1n) is 9.13. The minimum Gasteiger partial charge on any atom is -0.454 e. The van der Waals surface area contributed by atoms with Gasteiger partial charge in [0.1, 0.15) is 17.8 Å². The number of carbonyl (C=O) groups is 1. The van der Waals surface area contributed by atoms with Crippen LogP contribution in [0.4, 0.5) is 0 Å². The number of rotatable bonds is 5. The minimum atomic E-state index is -0.296. The summed E-state index contributed by atoms with van der Waals surface area (Å²) in [6.07, 6.45) is 4.77. The molecule has 0 atom stereocenters. The fourth-order valence-corrected chi connectivity index (χ4v) is 3.00. The summed E-state index contributed by atoms with van der Waals surface area (Å²) < 4.78 is 17.5. The number of nitrogens with zero attached hydrogens (tertiary/aromatic N) is 5. The van der Waals surface area contributed by atoms with Crippen molar-refractivity contribution in [2.45, 2.75) is 13.5 Å². The zero-order chi connectivity index (χ0) is 20.5. The third kappa shape index (κ3) is 3.46. The van der Waals surface area contributed by atoms with Gasteiger partial charge in [0.25, 0.3) is 11.8 Å². The Morgan fingerprint density at radius 3 is 2.93 bits per heavy atom. The van der Waals surface area contributed by atoms with E-state index in [1.54, 1.807) is 36.0 Å². The second-order valence-electron chi connectivity index (χ2n) is 6.59. The molecule has 4 aromatic rings. The lowest BCUT2D eigenvalue weighted by molar-refractivity contribution is 0.0946. The molecule has 3 aromatic heterocycles. The fourth-order valence-electron chi connectivity index (χ4n) is 3.00. The molecule has 1 N–H and O–H groups in total. The van der Waals surface area contributed by atoms with E-state index in [1.807, 2.05) is 18.2 Å². The highest BCUT2D eigenvalue weighted by Gasteiger charge is 2.15. The van der Waals surface area contributed by atoms with Gasteiger partial charge in [-0.05, 0) is 36.8 Å². The molecule has 1 amide bonds. The first-order valence-corrected chi connectivity index (χ1v) is 9.13. The van der Waals surface area contributed by atoms with Gasteiger partial charge in [0.15, 0.2) is 17.3 Å². The van der Waals surface area contributed by atoms with E-state index < -0.39 is 0 Å². The van der Waals surface area contributed by atoms with E-state index in [0.29, 0.717) is 35.6 Å². The molecule has 5 rings (SSSR count). The van der Waals surface area contributed by atoms with E-state index in [0.717, 1.165) is 11.1 Å². The van der Waals surface area contributed by atoms with Crippen LogP contribution in [0.5, 0.6) is 11.5 Å². The van der Waals surface area contributed by atoms with Crippen LogP contribution >= 0.6 is 0 Å². The van der Waals surface area contributed by atoms with Crippen LogP contribution in [0.2, 0.25) is 0 Å². The van der Waals surface area contributed by atoms with Gasteiger partial charge in [-0.2, -0.15) is 4.98 Å². The van der Waals surface area contributed by atoms with Crippen LogP contribution in [-0.2, 0) is 6.54 Å². The lowest BCUT2D eigenvalue weighted by Gasteiger charge is -2.05. The van der Waals surface area contributed by atoms with E-state index in [4.69, 9.17) is 14.0 Å². The predicted molar refractivity (Wildman–Crippen MR) is 103 cm³/mol. The number of imidazole rings is 1. The minimum absolute atomic E-state index is 0.212. The highest BCUT2D eigenvalue weighted by Crippen LogP contribution is 2.32. The van der Waals surface area contributed by atoms with Crippen molar-refractivity contribution in [3.8, 4) is 28.8 Å². The Bertz CT molecular complexity index is 1230. The summed E-state index contributed by atoms with van der Waals surface area (Å²) in [4.78, 5) is 25.2. The van der Waals surface area contributed by atoms with Crippen molar-refractivity contribution < 1.29 is 18.8 Å². The summed E-state index contributed by atoms with van der Waals surface area (Å²) in [6.45, 7) is 2.30. The molecular weight excluding hydrogens is 388 g/mol. The number of hydrogen-bond acceptors (Lipinski definition) is 8. The molecule has 1 aromatic carbocycles. The van der Waals surface area contributed by atoms with Gasteiger partial charge in [0, 0.05) is 24.5 Å². The summed E-state index contributed by atoms with van der Waals surface area (Å²) in [5.74, 6) is 2.61. The number of hydrogen-bond donors (Lipinski definition) is 1. The quantitative estimate of drug-likeness (QED) is 0.538. The highest BCUT2D eigenvalue weighted by atomic mass is 16.7. The molecule has 0 bridgehead atoms. The SMILES string of the molecule is Cc1noc(-c2ccnc(-n3cnc(C(=O)NCc4ccc5c(c4)OCO5)c3)c2)n1. The molecule has 0 spiro atoms. The van der Waals surface area contributed by atoms with Gasteiger partial charge in [0.2, 0.25) is 6.79 Å². The molecule has 1 aliphatic rings. The standard InChI is InChI=1S/C20H16N6O4/c1-12-24-20(30-25-12)14-4-5-21-18(7-14)26-9-15(23-10-26)19(27)22-8-13-2-3-16-17(6-13)29-11-28-16/h2-7,9-10H,8,11H2,1H3,(H,22,27). The van der Waals surface area contributed by atoms with E-state index in [1.165, 1.54) is 6.33 Å². The third-order valence-corrected chi connectivity index (χ3v) is 4.49. The summed E-state index contributed by atoms with van der Waals surface area (Å²) in [7, 11) is 0.